The first-order valence-corrected chi connectivity index (χ1v) is 12.7. The molecule has 6 N–H and O–H groups in total. The normalized spacial score (nSPS) is 28.7. The van der Waals surface area contributed by atoms with Gasteiger partial charge in [0, 0.05) is 17.1 Å². The number of nitrogens with zero attached hydrogens (tertiary/aromatic N) is 1. The molecule has 0 heterocycles. The van der Waals surface area contributed by atoms with Crippen LogP contribution < -0.4 is 5.73 Å². The topological polar surface area (TPSA) is 161 Å². The van der Waals surface area contributed by atoms with Crippen LogP contribution in [0.4, 0.5) is 0 Å². The molecule has 38 heavy (non-hydrogen) atoms. The van der Waals surface area contributed by atoms with Crippen molar-refractivity contribution in [3.63, 3.8) is 0 Å². The number of benzene rings is 1. The fourth-order valence-corrected chi connectivity index (χ4v) is 6.46. The summed E-state index contributed by atoms with van der Waals surface area (Å²) in [6.07, 6.45) is 6.44. The minimum atomic E-state index is -2.65. The molecule has 4 atom stereocenters. The molecule has 9 nitrogen and oxygen atoms in total. The summed E-state index contributed by atoms with van der Waals surface area (Å²) >= 11 is 0. The molecular formula is C29H30N2O7. The lowest BCUT2D eigenvalue weighted by Crippen LogP contribution is -2.65. The molecule has 4 aliphatic rings. The molecule has 0 spiro atoms. The first-order valence-electron chi connectivity index (χ1n) is 12.7. The summed E-state index contributed by atoms with van der Waals surface area (Å²) in [5.74, 6) is -0.319. The summed E-state index contributed by atoms with van der Waals surface area (Å²) in [7, 11) is 3.14. The predicted molar refractivity (Wildman–Crippen MR) is 138 cm³/mol. The molecule has 9 heteroatoms. The van der Waals surface area contributed by atoms with Crippen LogP contribution >= 0.6 is 0 Å². The SMILES string of the molecule is CN(C)[C@H]1C(=O)C(C(N)=O)=C(O)[C@@]2(O)C(=O)C3=C(O)c4c(O)ccc(C#CC5=CCCCC5)c4C[C@@H]3C[C@H]12. The first-order chi connectivity index (χ1) is 18.0. The molecule has 1 aromatic rings. The molecule has 0 unspecified atom stereocenters. The second-order valence-corrected chi connectivity index (χ2v) is 10.7. The van der Waals surface area contributed by atoms with E-state index in [9.17, 15) is 34.8 Å². The second-order valence-electron chi connectivity index (χ2n) is 10.7. The second kappa shape index (κ2) is 9.15. The predicted octanol–water partition coefficient (Wildman–Crippen LogP) is 1.82. The summed E-state index contributed by atoms with van der Waals surface area (Å²) in [5, 5.41) is 44.5. The lowest BCUT2D eigenvalue weighted by molar-refractivity contribution is -0.153. The Morgan fingerprint density at radius 3 is 2.50 bits per heavy atom. The third kappa shape index (κ3) is 3.67. The van der Waals surface area contributed by atoms with E-state index in [1.54, 1.807) is 20.2 Å². The summed E-state index contributed by atoms with van der Waals surface area (Å²) in [6, 6.07) is 1.95. The van der Waals surface area contributed by atoms with Gasteiger partial charge >= 0.3 is 0 Å². The number of aliphatic hydroxyl groups excluding tert-OH is 2. The molecule has 1 amide bonds. The number of aromatic hydroxyl groups is 1. The van der Waals surface area contributed by atoms with Gasteiger partial charge in [-0.3, -0.25) is 19.3 Å². The van der Waals surface area contributed by atoms with Crippen molar-refractivity contribution in [2.24, 2.45) is 17.6 Å². The van der Waals surface area contributed by atoms with Crippen LogP contribution in [0.3, 0.4) is 0 Å². The summed E-state index contributed by atoms with van der Waals surface area (Å²) in [5.41, 5.74) is 3.95. The molecule has 1 saturated carbocycles. The number of hydrogen-bond acceptors (Lipinski definition) is 8. The number of amides is 1. The van der Waals surface area contributed by atoms with Crippen molar-refractivity contribution in [1.29, 1.82) is 0 Å². The molecule has 1 fully saturated rings. The van der Waals surface area contributed by atoms with Gasteiger partial charge in [-0.25, -0.2) is 0 Å². The van der Waals surface area contributed by atoms with Gasteiger partial charge < -0.3 is 26.2 Å². The molecule has 0 aliphatic heterocycles. The number of allylic oxidation sites excluding steroid dienone is 2. The van der Waals surface area contributed by atoms with Crippen molar-refractivity contribution in [3.05, 3.63) is 57.4 Å². The highest BCUT2D eigenvalue weighted by molar-refractivity contribution is 6.24. The van der Waals surface area contributed by atoms with Gasteiger partial charge in [-0.05, 0) is 81.8 Å². The minimum Gasteiger partial charge on any atom is -0.508 e. The average Bonchev–Trinajstić information content (AvgIpc) is 2.86. The van der Waals surface area contributed by atoms with Gasteiger partial charge in [-0.15, -0.1) is 0 Å². The van der Waals surface area contributed by atoms with Gasteiger partial charge in [0.2, 0.25) is 5.78 Å². The third-order valence-corrected chi connectivity index (χ3v) is 8.25. The van der Waals surface area contributed by atoms with E-state index in [-0.39, 0.29) is 29.7 Å². The number of nitrogens with two attached hydrogens (primary N) is 1. The average molecular weight is 519 g/mol. The number of phenols is 1. The molecule has 0 aromatic heterocycles. The van der Waals surface area contributed by atoms with Gasteiger partial charge in [0.15, 0.2) is 11.4 Å². The zero-order valence-electron chi connectivity index (χ0n) is 21.2. The Morgan fingerprint density at radius 1 is 1.13 bits per heavy atom. The van der Waals surface area contributed by atoms with E-state index in [0.29, 0.717) is 11.1 Å². The van der Waals surface area contributed by atoms with Gasteiger partial charge in [0.05, 0.1) is 11.6 Å². The number of Topliss-reactive ketones (excluding diaryl/α,β-unsaturated/α-hetero) is 2. The smallest absolute Gasteiger partial charge is 0.255 e. The van der Waals surface area contributed by atoms with E-state index in [4.69, 9.17) is 5.73 Å². The van der Waals surface area contributed by atoms with Gasteiger partial charge in [-0.1, -0.05) is 17.9 Å². The molecule has 5 rings (SSSR count). The van der Waals surface area contributed by atoms with Crippen LogP contribution in [0.25, 0.3) is 5.76 Å². The van der Waals surface area contributed by atoms with E-state index in [1.165, 1.54) is 11.0 Å². The van der Waals surface area contributed by atoms with Crippen molar-refractivity contribution in [2.45, 2.75) is 50.2 Å². The van der Waals surface area contributed by atoms with E-state index in [1.807, 2.05) is 0 Å². The fraction of sp³-hybridized carbons (Fsp3) is 0.414. The van der Waals surface area contributed by atoms with Crippen LogP contribution in [-0.4, -0.2) is 68.5 Å². The summed E-state index contributed by atoms with van der Waals surface area (Å²) in [6.45, 7) is 0. The highest BCUT2D eigenvalue weighted by Gasteiger charge is 2.64. The van der Waals surface area contributed by atoms with Crippen molar-refractivity contribution in [3.8, 4) is 17.6 Å². The lowest BCUT2D eigenvalue weighted by atomic mass is 9.57. The molecule has 0 saturated heterocycles. The Kier molecular flexibility index (Phi) is 6.21. The van der Waals surface area contributed by atoms with Crippen LogP contribution in [-0.2, 0) is 20.8 Å². The number of hydrogen-bond donors (Lipinski definition) is 5. The number of ketones is 2. The van der Waals surface area contributed by atoms with Crippen LogP contribution in [0.5, 0.6) is 5.75 Å². The standard InChI is InChI=1S/C29H30N2O7/c1-31(2)23-18-13-16-12-17-15(9-8-14-6-4-3-5-7-14)10-11-19(32)21(17)24(33)20(16)26(35)29(18,38)27(36)22(25(23)34)28(30)37/h6,10-11,16,18,23,32-33,36,38H,3-5,7,12-13H2,1-2H3,(H2,30,37)/t16-,18-,23-,29+/m1/s1. The number of phenolic OH excluding ortho intramolecular Hbond substituents is 1. The Bertz CT molecular complexity index is 1440. The fourth-order valence-electron chi connectivity index (χ4n) is 6.46. The van der Waals surface area contributed by atoms with E-state index in [0.717, 1.165) is 31.3 Å². The molecule has 1 aromatic carbocycles. The van der Waals surface area contributed by atoms with Crippen molar-refractivity contribution in [2.75, 3.05) is 14.1 Å². The van der Waals surface area contributed by atoms with Crippen LogP contribution in [0.2, 0.25) is 0 Å². The largest absolute Gasteiger partial charge is 0.508 e. The van der Waals surface area contributed by atoms with Gasteiger partial charge in [0.25, 0.3) is 5.91 Å². The number of likely N-dealkylation sites (N-methyl/N-ethyl adjacent to an activating group) is 1. The Morgan fingerprint density at radius 2 is 1.87 bits per heavy atom. The molecular weight excluding hydrogens is 488 g/mol. The highest BCUT2D eigenvalue weighted by Crippen LogP contribution is 2.52. The number of fused-ring (bicyclic) bond motifs is 3. The Labute approximate surface area is 219 Å². The van der Waals surface area contributed by atoms with Crippen molar-refractivity contribution in [1.82, 2.24) is 4.90 Å². The van der Waals surface area contributed by atoms with E-state index < -0.39 is 58.0 Å². The molecule has 0 radical (unpaired) electrons. The maximum absolute atomic E-state index is 13.9. The molecule has 0 bridgehead atoms. The minimum absolute atomic E-state index is 0.0411. The lowest BCUT2D eigenvalue weighted by Gasteiger charge is -2.50. The van der Waals surface area contributed by atoms with Crippen LogP contribution in [0.1, 0.15) is 48.8 Å². The number of aliphatic hydroxyl groups is 3. The number of primary amides is 1. The summed E-state index contributed by atoms with van der Waals surface area (Å²) in [4.78, 5) is 40.6. The summed E-state index contributed by atoms with van der Waals surface area (Å²) < 4.78 is 0. The number of rotatable bonds is 2. The first kappa shape index (κ1) is 25.8. The van der Waals surface area contributed by atoms with Crippen molar-refractivity contribution < 1.29 is 34.8 Å². The Hall–Kier alpha value is -3.87. The maximum atomic E-state index is 13.9. The van der Waals surface area contributed by atoms with Crippen molar-refractivity contribution >= 4 is 23.2 Å². The number of carbonyl (C=O) groups is 3. The zero-order chi connectivity index (χ0) is 27.5. The van der Waals surface area contributed by atoms with Gasteiger partial charge in [0.1, 0.15) is 22.8 Å². The maximum Gasteiger partial charge on any atom is 0.255 e. The van der Waals surface area contributed by atoms with Crippen LogP contribution in [0, 0.1) is 23.7 Å². The number of carbonyl (C=O) groups excluding carboxylic acids is 3. The molecule has 198 valence electrons. The van der Waals surface area contributed by atoms with E-state index >= 15 is 0 Å². The van der Waals surface area contributed by atoms with Gasteiger partial charge in [-0.2, -0.15) is 0 Å². The highest BCUT2D eigenvalue weighted by atomic mass is 16.3. The molecule has 4 aliphatic carbocycles. The third-order valence-electron chi connectivity index (χ3n) is 8.25. The monoisotopic (exact) mass is 518 g/mol. The van der Waals surface area contributed by atoms with Crippen LogP contribution in [0.15, 0.2) is 40.7 Å². The zero-order valence-corrected chi connectivity index (χ0v) is 21.2. The van der Waals surface area contributed by atoms with E-state index in [2.05, 4.69) is 17.9 Å². The quantitative estimate of drug-likeness (QED) is 0.293. The Balaban J connectivity index is 1.67.